The van der Waals surface area contributed by atoms with Crippen molar-refractivity contribution in [3.8, 4) is 5.75 Å². The lowest BCUT2D eigenvalue weighted by atomic mass is 10.1. The van der Waals surface area contributed by atoms with Crippen LogP contribution in [-0.2, 0) is 4.79 Å². The number of aromatic hydroxyl groups is 1. The second kappa shape index (κ2) is 5.03. The van der Waals surface area contributed by atoms with Gasteiger partial charge in [0, 0.05) is 11.7 Å². The fourth-order valence-electron chi connectivity index (χ4n) is 1.44. The molecule has 0 radical (unpaired) electrons. The highest BCUT2D eigenvalue weighted by Crippen LogP contribution is 2.20. The van der Waals surface area contributed by atoms with Crippen molar-refractivity contribution in [1.29, 1.82) is 0 Å². The minimum absolute atomic E-state index is 0.145. The Morgan fingerprint density at radius 1 is 1.39 bits per heavy atom. The molecule has 18 heavy (non-hydrogen) atoms. The zero-order valence-corrected chi connectivity index (χ0v) is 10.5. The molecular formula is C12H16N2O4. The van der Waals surface area contributed by atoms with Crippen LogP contribution < -0.4 is 0 Å². The van der Waals surface area contributed by atoms with E-state index in [0.29, 0.717) is 0 Å². The van der Waals surface area contributed by atoms with E-state index >= 15 is 0 Å². The average molecular weight is 252 g/mol. The van der Waals surface area contributed by atoms with E-state index in [2.05, 4.69) is 4.98 Å². The van der Waals surface area contributed by atoms with Crippen LogP contribution in [0.2, 0.25) is 0 Å². The first-order chi connectivity index (χ1) is 8.23. The summed E-state index contributed by atoms with van der Waals surface area (Å²) in [6.45, 7) is 4.70. The van der Waals surface area contributed by atoms with E-state index in [0.717, 1.165) is 4.90 Å². The Morgan fingerprint density at radius 3 is 2.44 bits per heavy atom. The third-order valence-corrected chi connectivity index (χ3v) is 2.34. The first kappa shape index (κ1) is 14.0. The number of carbonyl (C=O) groups is 2. The Hall–Kier alpha value is -2.11. The molecule has 6 nitrogen and oxygen atoms in total. The fourth-order valence-corrected chi connectivity index (χ4v) is 1.44. The van der Waals surface area contributed by atoms with E-state index < -0.39 is 24.0 Å². The summed E-state index contributed by atoms with van der Waals surface area (Å²) in [4.78, 5) is 27.9. The van der Waals surface area contributed by atoms with Gasteiger partial charge in [0.15, 0.2) is 5.69 Å². The van der Waals surface area contributed by atoms with Crippen LogP contribution in [0.15, 0.2) is 18.3 Å². The fraction of sp³-hybridized carbons (Fsp3) is 0.417. The molecule has 0 aliphatic rings. The van der Waals surface area contributed by atoms with Crippen molar-refractivity contribution in [2.75, 3.05) is 6.54 Å². The van der Waals surface area contributed by atoms with Gasteiger partial charge in [-0.05, 0) is 32.9 Å². The molecule has 0 atom stereocenters. The van der Waals surface area contributed by atoms with Crippen molar-refractivity contribution >= 4 is 11.9 Å². The molecule has 0 unspecified atom stereocenters. The summed E-state index contributed by atoms with van der Waals surface area (Å²) in [7, 11) is 0. The number of hydrogen-bond acceptors (Lipinski definition) is 4. The maximum absolute atomic E-state index is 12.2. The summed E-state index contributed by atoms with van der Waals surface area (Å²) in [5.74, 6) is -1.99. The minimum Gasteiger partial charge on any atom is -0.505 e. The Kier molecular flexibility index (Phi) is 3.90. The number of aliphatic carboxylic acids is 1. The summed E-state index contributed by atoms with van der Waals surface area (Å²) >= 11 is 0. The van der Waals surface area contributed by atoms with Gasteiger partial charge in [-0.15, -0.1) is 0 Å². The Morgan fingerprint density at radius 2 is 2.00 bits per heavy atom. The molecular weight excluding hydrogens is 236 g/mol. The van der Waals surface area contributed by atoms with Crippen molar-refractivity contribution in [3.05, 3.63) is 24.0 Å². The summed E-state index contributed by atoms with van der Waals surface area (Å²) < 4.78 is 0. The number of carboxylic acids is 1. The maximum atomic E-state index is 12.2. The summed E-state index contributed by atoms with van der Waals surface area (Å²) in [5.41, 5.74) is -0.826. The van der Waals surface area contributed by atoms with Gasteiger partial charge in [0.2, 0.25) is 0 Å². The molecule has 1 amide bonds. The molecule has 1 heterocycles. The van der Waals surface area contributed by atoms with Gasteiger partial charge < -0.3 is 15.1 Å². The van der Waals surface area contributed by atoms with Crippen LogP contribution in [0.25, 0.3) is 0 Å². The monoisotopic (exact) mass is 252 g/mol. The van der Waals surface area contributed by atoms with Gasteiger partial charge in [-0.25, -0.2) is 4.98 Å². The molecule has 0 aliphatic heterocycles. The number of rotatable bonds is 3. The van der Waals surface area contributed by atoms with E-state index in [9.17, 15) is 14.7 Å². The van der Waals surface area contributed by atoms with Gasteiger partial charge in [0.1, 0.15) is 12.3 Å². The molecule has 1 aromatic rings. The second-order valence-electron chi connectivity index (χ2n) is 4.83. The SMILES string of the molecule is CC(C)(C)N(CC(=O)O)C(=O)c1ncccc1O. The van der Waals surface area contributed by atoms with E-state index in [1.54, 1.807) is 20.8 Å². The first-order valence-corrected chi connectivity index (χ1v) is 5.41. The molecule has 2 N–H and O–H groups in total. The smallest absolute Gasteiger partial charge is 0.323 e. The number of pyridine rings is 1. The maximum Gasteiger partial charge on any atom is 0.323 e. The largest absolute Gasteiger partial charge is 0.505 e. The number of amides is 1. The van der Waals surface area contributed by atoms with Gasteiger partial charge in [-0.2, -0.15) is 0 Å². The average Bonchev–Trinajstić information content (AvgIpc) is 2.24. The van der Waals surface area contributed by atoms with Crippen molar-refractivity contribution in [1.82, 2.24) is 9.88 Å². The molecule has 98 valence electrons. The van der Waals surface area contributed by atoms with Crippen LogP contribution in [0.5, 0.6) is 5.75 Å². The van der Waals surface area contributed by atoms with Crippen LogP contribution in [-0.4, -0.2) is 44.1 Å². The van der Waals surface area contributed by atoms with E-state index in [1.807, 2.05) is 0 Å². The molecule has 0 bridgehead atoms. The van der Waals surface area contributed by atoms with Gasteiger partial charge in [0.25, 0.3) is 5.91 Å². The van der Waals surface area contributed by atoms with Crippen LogP contribution >= 0.6 is 0 Å². The zero-order valence-electron chi connectivity index (χ0n) is 10.5. The standard InChI is InChI=1S/C12H16N2O4/c1-12(2,3)14(7-9(16)17)11(18)10-8(15)5-4-6-13-10/h4-6,15H,7H2,1-3H3,(H,16,17). The summed E-state index contributed by atoms with van der Waals surface area (Å²) in [6, 6.07) is 2.83. The van der Waals surface area contributed by atoms with Crippen LogP contribution in [0.4, 0.5) is 0 Å². The Balaban J connectivity index is 3.11. The second-order valence-corrected chi connectivity index (χ2v) is 4.83. The molecule has 1 aromatic heterocycles. The molecule has 6 heteroatoms. The zero-order chi connectivity index (χ0) is 13.9. The van der Waals surface area contributed by atoms with Gasteiger partial charge in [-0.1, -0.05) is 0 Å². The summed E-state index contributed by atoms with van der Waals surface area (Å²) in [6.07, 6.45) is 1.37. The molecule has 1 rings (SSSR count). The number of hydrogen-bond donors (Lipinski definition) is 2. The molecule has 0 saturated carbocycles. The third-order valence-electron chi connectivity index (χ3n) is 2.34. The predicted octanol–water partition coefficient (Wildman–Crippen LogP) is 1.11. The minimum atomic E-state index is -1.12. The highest BCUT2D eigenvalue weighted by molar-refractivity contribution is 5.96. The van der Waals surface area contributed by atoms with E-state index in [1.165, 1.54) is 18.3 Å². The third kappa shape index (κ3) is 3.19. The topological polar surface area (TPSA) is 90.7 Å². The highest BCUT2D eigenvalue weighted by Gasteiger charge is 2.31. The number of carbonyl (C=O) groups excluding carboxylic acids is 1. The molecule has 0 saturated heterocycles. The lowest BCUT2D eigenvalue weighted by molar-refractivity contribution is -0.138. The van der Waals surface area contributed by atoms with E-state index in [4.69, 9.17) is 5.11 Å². The van der Waals surface area contributed by atoms with Crippen molar-refractivity contribution in [2.24, 2.45) is 0 Å². The van der Waals surface area contributed by atoms with E-state index in [-0.39, 0.29) is 11.4 Å². The van der Waals surface area contributed by atoms with Crippen LogP contribution in [0.3, 0.4) is 0 Å². The number of nitrogens with zero attached hydrogens (tertiary/aromatic N) is 2. The molecule has 0 spiro atoms. The van der Waals surface area contributed by atoms with Gasteiger partial charge in [0.05, 0.1) is 0 Å². The van der Waals surface area contributed by atoms with Gasteiger partial charge in [-0.3, -0.25) is 9.59 Å². The Bertz CT molecular complexity index is 465. The van der Waals surface area contributed by atoms with Crippen LogP contribution in [0, 0.1) is 0 Å². The highest BCUT2D eigenvalue weighted by atomic mass is 16.4. The lowest BCUT2D eigenvalue weighted by Crippen LogP contribution is -2.48. The quantitative estimate of drug-likeness (QED) is 0.841. The lowest BCUT2D eigenvalue weighted by Gasteiger charge is -2.34. The number of aromatic nitrogens is 1. The molecule has 0 aliphatic carbocycles. The van der Waals surface area contributed by atoms with Crippen molar-refractivity contribution in [2.45, 2.75) is 26.3 Å². The predicted molar refractivity (Wildman–Crippen MR) is 64.3 cm³/mol. The number of carboxylic acid groups (broad SMARTS) is 1. The van der Waals surface area contributed by atoms with Gasteiger partial charge >= 0.3 is 5.97 Å². The van der Waals surface area contributed by atoms with Crippen molar-refractivity contribution in [3.63, 3.8) is 0 Å². The molecule has 0 fully saturated rings. The molecule has 0 aromatic carbocycles. The normalized spacial score (nSPS) is 11.1. The summed E-state index contributed by atoms with van der Waals surface area (Å²) in [5, 5.41) is 18.4. The van der Waals surface area contributed by atoms with Crippen LogP contribution in [0.1, 0.15) is 31.3 Å². The first-order valence-electron chi connectivity index (χ1n) is 5.41. The van der Waals surface area contributed by atoms with Crippen molar-refractivity contribution < 1.29 is 19.8 Å². The Labute approximate surface area is 105 Å².